The van der Waals surface area contributed by atoms with Crippen molar-refractivity contribution in [3.63, 3.8) is 0 Å². The van der Waals surface area contributed by atoms with Gasteiger partial charge in [0.25, 0.3) is 0 Å². The van der Waals surface area contributed by atoms with Crippen LogP contribution >= 0.6 is 34.4 Å². The molecule has 3 aromatic rings. The number of aliphatic carboxylic acids is 1. The Labute approximate surface area is 703 Å². The number of amides is 14. The molecule has 0 radical (unpaired) electrons. The van der Waals surface area contributed by atoms with Crippen LogP contribution in [-0.4, -0.2) is 226 Å². The van der Waals surface area contributed by atoms with Gasteiger partial charge in [-0.1, -0.05) is 162 Å². The number of guanidine groups is 3. The van der Waals surface area contributed by atoms with E-state index in [1.165, 1.54) is 0 Å². The third-order valence-electron chi connectivity index (χ3n) is 18.4. The van der Waals surface area contributed by atoms with Crippen LogP contribution in [0.25, 0.3) is 0 Å². The average Bonchev–Trinajstić information content (AvgIpc) is 0.847. The summed E-state index contributed by atoms with van der Waals surface area (Å²) in [5.41, 5.74) is 23.7. The molecule has 3 aromatic carbocycles. The number of carbonyl (C=O) groups excluding carboxylic acids is 14. The minimum absolute atomic E-state index is 0.00550. The first kappa shape index (κ1) is 99.0. The normalized spacial score (nSPS) is 22.9. The van der Waals surface area contributed by atoms with Crippen LogP contribution in [0.2, 0.25) is 0 Å². The van der Waals surface area contributed by atoms with Crippen molar-refractivity contribution >= 4 is 141 Å². The van der Waals surface area contributed by atoms with Gasteiger partial charge in [0.2, 0.25) is 82.7 Å². The molecule has 0 saturated carbocycles. The van der Waals surface area contributed by atoms with E-state index in [9.17, 15) is 77.0 Å². The smallest absolute Gasteiger partial charge is 0.305 e. The standard InChI is InChI=1S/C77H116IN23O16S/c1-8-47(78)62-74(117)93-49(28-19-31-87-76(82)83)64(107)96-55(37-59(104)105)70(113)92-50(29-20-32-88-77(84)85)66(109)99-60(42(4)5)72(115)97-54(36-46-25-16-11-17-26-46)68(111)91-48(27-18-30-86-75(80)81)65(108)98-56(63(106)89-38-57(79)102)39-118-40-58(103)90-52(34-44-21-12-9-13-22-44)67(110)95-53(35-45-23-14-10-15-24-45)69(112)94-51(33-41(2)3)71(114)100-61(43(6)7)73(116)101-62/h9-17,21-26,41-43,47-56,60-62H,8,18-20,27-40H2,1-7H3,(H2,79,102)(H,89,106)(H,90,103)(H,91,111)(H,92,113)(H,93,117)(H,94,112)(H,95,110)(H,96,107)(H,97,115)(H,98,108)(H,99,109)(H,100,114)(H,101,116)(H,104,105)(H4,80,81,86)(H4,82,83,87)(H4,84,85,88)/t47-,48-,49-,50-,51-,52-,53-,54-,55-,56-,60-,61-,62-/m0/s1. The SMILES string of the molecule is CC[C@H](I)[C@@H]1NC(=O)[C@H](C(C)C)NC(=O)[C@H](CC(C)C)NC(=O)[C@H](Cc2ccccc2)NC(=O)[C@H](Cc2ccccc2)NC(=O)CSC[C@@H](C(=O)NCC(N)=O)NC(=O)[C@H](CCCNC(=N)N)NC(=O)[C@H](Cc2ccccc2)NC(=O)[C@H](C(C)C)NC(=O)[C@H](CCCNC(=N)N)NC(=O)[C@H](CC(=O)O)NC(=O)[C@H](CCCNC(=N)N)NC1=O. The molecule has 28 N–H and O–H groups in total. The Kier molecular flexibility index (Phi) is 43.3. The van der Waals surface area contributed by atoms with Crippen molar-refractivity contribution in [1.29, 1.82) is 16.2 Å². The van der Waals surface area contributed by atoms with Crippen molar-refractivity contribution in [3.8, 4) is 0 Å². The van der Waals surface area contributed by atoms with E-state index in [1.54, 1.807) is 139 Å². The van der Waals surface area contributed by atoms with Gasteiger partial charge >= 0.3 is 5.97 Å². The zero-order valence-electron chi connectivity index (χ0n) is 67.3. The van der Waals surface area contributed by atoms with E-state index in [4.69, 9.17) is 39.2 Å². The molecule has 39 nitrogen and oxygen atoms in total. The molecule has 1 heterocycles. The van der Waals surface area contributed by atoms with Crippen molar-refractivity contribution in [2.75, 3.05) is 37.7 Å². The van der Waals surface area contributed by atoms with Crippen LogP contribution < -0.4 is 108 Å². The fraction of sp³-hybridized carbons (Fsp3) is 0.532. The van der Waals surface area contributed by atoms with Gasteiger partial charge < -0.3 is 113 Å². The van der Waals surface area contributed by atoms with Crippen molar-refractivity contribution in [1.82, 2.24) is 85.1 Å². The van der Waals surface area contributed by atoms with E-state index < -0.39 is 219 Å². The Morgan fingerprint density at radius 1 is 0.441 bits per heavy atom. The second kappa shape index (κ2) is 51.6. The van der Waals surface area contributed by atoms with Gasteiger partial charge in [0.15, 0.2) is 17.9 Å². The quantitative estimate of drug-likeness (QED) is 0.0107. The first-order chi connectivity index (χ1) is 55.8. The van der Waals surface area contributed by atoms with Gasteiger partial charge in [0.1, 0.15) is 72.5 Å². The van der Waals surface area contributed by atoms with Crippen LogP contribution in [0.4, 0.5) is 0 Å². The Morgan fingerprint density at radius 2 is 0.763 bits per heavy atom. The molecular formula is C77H116IN23O16S. The average molecular weight is 1780 g/mol. The molecule has 1 fully saturated rings. The summed E-state index contributed by atoms with van der Waals surface area (Å²) in [5, 5.41) is 75.4. The van der Waals surface area contributed by atoms with Crippen LogP contribution in [0, 0.1) is 34.0 Å². The van der Waals surface area contributed by atoms with Gasteiger partial charge in [0, 0.05) is 48.6 Å². The number of carboxylic acid groups (broad SMARTS) is 1. The maximum Gasteiger partial charge on any atom is 0.305 e. The first-order valence-electron chi connectivity index (χ1n) is 38.8. The molecule has 41 heteroatoms. The highest BCUT2D eigenvalue weighted by molar-refractivity contribution is 14.1. The minimum atomic E-state index is -2.01. The summed E-state index contributed by atoms with van der Waals surface area (Å²) in [5.74, 6) is -19.2. The minimum Gasteiger partial charge on any atom is -0.481 e. The highest BCUT2D eigenvalue weighted by Crippen LogP contribution is 2.18. The molecular weight excluding hydrogens is 1660 g/mol. The summed E-state index contributed by atoms with van der Waals surface area (Å²) in [6, 6.07) is 6.59. The molecule has 1 aliphatic heterocycles. The Bertz CT molecular complexity index is 3930. The molecule has 118 heavy (non-hydrogen) atoms. The fourth-order valence-electron chi connectivity index (χ4n) is 12.2. The molecule has 0 unspecified atom stereocenters. The van der Waals surface area contributed by atoms with Gasteiger partial charge in [-0.15, -0.1) is 11.8 Å². The van der Waals surface area contributed by atoms with E-state index in [0.29, 0.717) is 16.7 Å². The van der Waals surface area contributed by atoms with Crippen molar-refractivity contribution in [3.05, 3.63) is 108 Å². The molecule has 4 rings (SSSR count). The van der Waals surface area contributed by atoms with E-state index in [0.717, 1.165) is 11.8 Å². The summed E-state index contributed by atoms with van der Waals surface area (Å²) in [4.78, 5) is 216. The lowest BCUT2D eigenvalue weighted by molar-refractivity contribution is -0.141. The number of hydrogen-bond acceptors (Lipinski definition) is 19. The van der Waals surface area contributed by atoms with Crippen LogP contribution in [-0.2, 0) is 91.2 Å². The van der Waals surface area contributed by atoms with Crippen LogP contribution in [0.15, 0.2) is 91.0 Å². The number of hydrogen-bond donors (Lipinski definition) is 24. The van der Waals surface area contributed by atoms with Crippen molar-refractivity contribution < 1.29 is 77.0 Å². The van der Waals surface area contributed by atoms with Crippen LogP contribution in [0.3, 0.4) is 0 Å². The Morgan fingerprint density at radius 3 is 1.15 bits per heavy atom. The molecule has 1 aliphatic rings. The number of carbonyl (C=O) groups is 15. The predicted molar refractivity (Wildman–Crippen MR) is 450 cm³/mol. The summed E-state index contributed by atoms with van der Waals surface area (Å²) in [6.07, 6.45) is -2.26. The number of nitrogens with one attached hydrogen (secondary N) is 19. The number of nitrogens with two attached hydrogens (primary N) is 4. The largest absolute Gasteiger partial charge is 0.481 e. The second-order valence-corrected chi connectivity index (χ2v) is 32.1. The third-order valence-corrected chi connectivity index (χ3v) is 21.0. The molecule has 0 bridgehead atoms. The van der Waals surface area contributed by atoms with Gasteiger partial charge in [-0.25, -0.2) is 0 Å². The zero-order chi connectivity index (χ0) is 87.7. The number of primary amides is 1. The molecule has 0 aliphatic carbocycles. The zero-order valence-corrected chi connectivity index (χ0v) is 70.3. The van der Waals surface area contributed by atoms with Crippen LogP contribution in [0.1, 0.15) is 123 Å². The van der Waals surface area contributed by atoms with Gasteiger partial charge in [0.05, 0.1) is 18.7 Å². The lowest BCUT2D eigenvalue weighted by Gasteiger charge is -2.31. The van der Waals surface area contributed by atoms with E-state index in [1.807, 2.05) is 22.6 Å². The van der Waals surface area contributed by atoms with Gasteiger partial charge in [-0.3, -0.25) is 88.1 Å². The van der Waals surface area contributed by atoms with Crippen molar-refractivity contribution in [2.45, 2.75) is 202 Å². The number of alkyl halides is 1. The molecule has 1 saturated heterocycles. The summed E-state index contributed by atoms with van der Waals surface area (Å²) in [7, 11) is 0. The summed E-state index contributed by atoms with van der Waals surface area (Å²) < 4.78 is -0.738. The predicted octanol–water partition coefficient (Wildman–Crippen LogP) is -3.28. The van der Waals surface area contributed by atoms with Crippen LogP contribution in [0.5, 0.6) is 0 Å². The van der Waals surface area contributed by atoms with Gasteiger partial charge in [-0.05, 0) is 85.8 Å². The van der Waals surface area contributed by atoms with Crippen molar-refractivity contribution in [2.24, 2.45) is 40.7 Å². The topological polar surface area (TPSA) is 644 Å². The lowest BCUT2D eigenvalue weighted by atomic mass is 9.98. The van der Waals surface area contributed by atoms with Gasteiger partial charge in [-0.2, -0.15) is 0 Å². The summed E-state index contributed by atoms with van der Waals surface area (Å²) >= 11 is 2.72. The third kappa shape index (κ3) is 36.8. The van der Waals surface area contributed by atoms with E-state index in [2.05, 4.69) is 85.1 Å². The monoisotopic (exact) mass is 1780 g/mol. The number of halogens is 1. The highest BCUT2D eigenvalue weighted by atomic mass is 127. The van der Waals surface area contributed by atoms with E-state index >= 15 is 0 Å². The lowest BCUT2D eigenvalue weighted by Crippen LogP contribution is -2.62. The maximum atomic E-state index is 15.0. The fourth-order valence-corrected chi connectivity index (χ4v) is 13.5. The summed E-state index contributed by atoms with van der Waals surface area (Å²) in [6.45, 7) is 10.7. The molecule has 14 amide bonds. The number of benzene rings is 3. The Hall–Kier alpha value is -11.4. The molecule has 0 spiro atoms. The Balaban J connectivity index is 1.97. The molecule has 648 valence electrons. The highest BCUT2D eigenvalue weighted by Gasteiger charge is 2.40. The first-order valence-corrected chi connectivity index (χ1v) is 41.2. The number of carboxylic acids is 1. The second-order valence-electron chi connectivity index (χ2n) is 29.4. The number of thioether (sulfide) groups is 1. The molecule has 13 atom stereocenters. The number of rotatable bonds is 29. The maximum absolute atomic E-state index is 15.0. The van der Waals surface area contributed by atoms with E-state index in [-0.39, 0.29) is 96.2 Å². The molecule has 0 aromatic heterocycles.